The number of unbranched alkanes of at least 4 members (excludes halogenated alkanes) is 1. The van der Waals surface area contributed by atoms with Crippen molar-refractivity contribution in [3.8, 4) is 0 Å². The van der Waals surface area contributed by atoms with Gasteiger partial charge in [-0.3, -0.25) is 13.9 Å². The Labute approximate surface area is 212 Å². The van der Waals surface area contributed by atoms with Gasteiger partial charge in [0.1, 0.15) is 12.6 Å². The molecule has 2 aromatic rings. The number of amides is 2. The van der Waals surface area contributed by atoms with E-state index >= 15 is 0 Å². The van der Waals surface area contributed by atoms with Crippen molar-refractivity contribution in [2.24, 2.45) is 0 Å². The largest absolute Gasteiger partial charge is 0.354 e. The predicted molar refractivity (Wildman–Crippen MR) is 138 cm³/mol. The van der Waals surface area contributed by atoms with E-state index in [1.54, 1.807) is 49.4 Å². The molecule has 10 heteroatoms. The minimum absolute atomic E-state index is 0.0504. The van der Waals surface area contributed by atoms with Crippen LogP contribution in [0.1, 0.15) is 37.8 Å². The summed E-state index contributed by atoms with van der Waals surface area (Å²) in [5.41, 5.74) is 1.79. The van der Waals surface area contributed by atoms with Gasteiger partial charge in [-0.1, -0.05) is 60.3 Å². The van der Waals surface area contributed by atoms with Crippen LogP contribution in [-0.2, 0) is 26.2 Å². The van der Waals surface area contributed by atoms with Gasteiger partial charge in [0.25, 0.3) is 0 Å². The molecule has 0 unspecified atom stereocenters. The minimum atomic E-state index is -3.78. The number of halogens is 2. The highest BCUT2D eigenvalue weighted by molar-refractivity contribution is 7.92. The summed E-state index contributed by atoms with van der Waals surface area (Å²) in [4.78, 5) is 27.6. The molecule has 0 saturated carbocycles. The molecule has 0 aliphatic carbocycles. The van der Waals surface area contributed by atoms with Crippen molar-refractivity contribution < 1.29 is 18.0 Å². The fraction of sp³-hybridized carbons (Fsp3) is 0.417. The van der Waals surface area contributed by atoms with Gasteiger partial charge >= 0.3 is 0 Å². The third-order valence-corrected chi connectivity index (χ3v) is 7.24. The number of carbonyl (C=O) groups is 2. The van der Waals surface area contributed by atoms with Gasteiger partial charge in [0.2, 0.25) is 21.8 Å². The summed E-state index contributed by atoms with van der Waals surface area (Å²) in [5.74, 6) is -0.897. The molecule has 34 heavy (non-hydrogen) atoms. The van der Waals surface area contributed by atoms with Crippen LogP contribution >= 0.6 is 23.2 Å². The molecule has 0 aliphatic rings. The van der Waals surface area contributed by atoms with Gasteiger partial charge in [0, 0.05) is 28.7 Å². The fourth-order valence-corrected chi connectivity index (χ4v) is 4.66. The zero-order valence-electron chi connectivity index (χ0n) is 19.8. The molecule has 0 saturated heterocycles. The lowest BCUT2D eigenvalue weighted by atomic mass is 10.1. The van der Waals surface area contributed by atoms with Crippen LogP contribution in [0.15, 0.2) is 42.5 Å². The summed E-state index contributed by atoms with van der Waals surface area (Å²) < 4.78 is 26.1. The molecule has 0 aromatic heterocycles. The Bertz CT molecular complexity index is 1090. The molecule has 1 N–H and O–H groups in total. The molecule has 7 nitrogen and oxygen atoms in total. The molecule has 2 rings (SSSR count). The lowest BCUT2D eigenvalue weighted by Gasteiger charge is -2.32. The zero-order valence-corrected chi connectivity index (χ0v) is 22.2. The molecule has 0 spiro atoms. The number of hydrogen-bond donors (Lipinski definition) is 1. The SMILES string of the molecule is CCCCNC(=O)[C@@H](C)N(Cc1c(Cl)cccc1Cl)C(=O)CN(c1ccc(C)cc1)S(C)(=O)=O. The van der Waals surface area contributed by atoms with Gasteiger partial charge in [-0.15, -0.1) is 0 Å². The van der Waals surface area contributed by atoms with E-state index in [0.29, 0.717) is 27.8 Å². The molecule has 2 aromatic carbocycles. The maximum Gasteiger partial charge on any atom is 0.244 e. The highest BCUT2D eigenvalue weighted by Gasteiger charge is 2.30. The number of sulfonamides is 1. The first kappa shape index (κ1) is 28.0. The molecule has 0 fully saturated rings. The summed E-state index contributed by atoms with van der Waals surface area (Å²) in [7, 11) is -3.78. The van der Waals surface area contributed by atoms with Crippen LogP contribution in [0.5, 0.6) is 0 Å². The van der Waals surface area contributed by atoms with Crippen molar-refractivity contribution in [2.45, 2.75) is 46.2 Å². The second kappa shape index (κ2) is 12.4. The maximum absolute atomic E-state index is 13.5. The number of carbonyl (C=O) groups excluding carboxylic acids is 2. The van der Waals surface area contributed by atoms with Crippen LogP contribution in [0.3, 0.4) is 0 Å². The highest BCUT2D eigenvalue weighted by atomic mass is 35.5. The van der Waals surface area contributed by atoms with Gasteiger partial charge in [-0.2, -0.15) is 0 Å². The average molecular weight is 529 g/mol. The van der Waals surface area contributed by atoms with Gasteiger partial charge in [0.05, 0.1) is 11.9 Å². The van der Waals surface area contributed by atoms with E-state index in [0.717, 1.165) is 29.0 Å². The van der Waals surface area contributed by atoms with E-state index in [4.69, 9.17) is 23.2 Å². The zero-order chi connectivity index (χ0) is 25.5. The lowest BCUT2D eigenvalue weighted by Crippen LogP contribution is -2.51. The highest BCUT2D eigenvalue weighted by Crippen LogP contribution is 2.27. The van der Waals surface area contributed by atoms with E-state index in [1.165, 1.54) is 4.90 Å². The number of nitrogens with one attached hydrogen (secondary N) is 1. The normalized spacial score (nSPS) is 12.2. The molecule has 0 heterocycles. The second-order valence-corrected chi connectivity index (χ2v) is 10.9. The molecule has 0 bridgehead atoms. The lowest BCUT2D eigenvalue weighted by molar-refractivity contribution is -0.139. The monoisotopic (exact) mass is 527 g/mol. The van der Waals surface area contributed by atoms with E-state index in [1.807, 2.05) is 13.8 Å². The number of benzene rings is 2. The van der Waals surface area contributed by atoms with Crippen LogP contribution in [0.2, 0.25) is 10.0 Å². The molecule has 2 amide bonds. The van der Waals surface area contributed by atoms with Crippen LogP contribution < -0.4 is 9.62 Å². The first-order valence-corrected chi connectivity index (χ1v) is 13.6. The summed E-state index contributed by atoms with van der Waals surface area (Å²) in [6.45, 7) is 5.44. The van der Waals surface area contributed by atoms with E-state index in [2.05, 4.69) is 5.32 Å². The molecule has 186 valence electrons. The summed E-state index contributed by atoms with van der Waals surface area (Å²) in [6, 6.07) is 10.9. The van der Waals surface area contributed by atoms with Gasteiger partial charge in [-0.25, -0.2) is 8.42 Å². The maximum atomic E-state index is 13.5. The van der Waals surface area contributed by atoms with Gasteiger partial charge in [0.15, 0.2) is 0 Å². The third-order valence-electron chi connectivity index (χ3n) is 5.39. The Kier molecular flexibility index (Phi) is 10.2. The van der Waals surface area contributed by atoms with Crippen molar-refractivity contribution in [1.82, 2.24) is 10.2 Å². The van der Waals surface area contributed by atoms with Crippen molar-refractivity contribution in [3.63, 3.8) is 0 Å². The van der Waals surface area contributed by atoms with Crippen LogP contribution in [0.25, 0.3) is 0 Å². The Morgan fingerprint density at radius 1 is 1.06 bits per heavy atom. The number of hydrogen-bond acceptors (Lipinski definition) is 4. The quantitative estimate of drug-likeness (QED) is 0.438. The Hall–Kier alpha value is -2.29. The Morgan fingerprint density at radius 3 is 2.18 bits per heavy atom. The summed E-state index contributed by atoms with van der Waals surface area (Å²) in [6.07, 6.45) is 2.75. The molecule has 0 radical (unpaired) electrons. The van der Waals surface area contributed by atoms with Gasteiger partial charge < -0.3 is 10.2 Å². The number of rotatable bonds is 11. The molecular weight excluding hydrogens is 497 g/mol. The number of anilines is 1. The van der Waals surface area contributed by atoms with E-state index in [9.17, 15) is 18.0 Å². The van der Waals surface area contributed by atoms with Crippen molar-refractivity contribution in [3.05, 3.63) is 63.6 Å². The third kappa shape index (κ3) is 7.61. The topological polar surface area (TPSA) is 86.8 Å². The van der Waals surface area contributed by atoms with Crippen LogP contribution in [0.4, 0.5) is 5.69 Å². The number of aryl methyl sites for hydroxylation is 1. The summed E-state index contributed by atoms with van der Waals surface area (Å²) in [5, 5.41) is 3.52. The Balaban J connectivity index is 2.39. The van der Waals surface area contributed by atoms with Crippen molar-refractivity contribution in [1.29, 1.82) is 0 Å². The minimum Gasteiger partial charge on any atom is -0.354 e. The van der Waals surface area contributed by atoms with Crippen molar-refractivity contribution in [2.75, 3.05) is 23.7 Å². The first-order valence-electron chi connectivity index (χ1n) is 11.0. The first-order chi connectivity index (χ1) is 16.0. The average Bonchev–Trinajstić information content (AvgIpc) is 2.77. The predicted octanol–water partition coefficient (Wildman–Crippen LogP) is 4.40. The molecule has 0 aliphatic heterocycles. The Morgan fingerprint density at radius 2 is 1.65 bits per heavy atom. The molecular formula is C24H31Cl2N3O4S. The molecule has 1 atom stereocenters. The summed E-state index contributed by atoms with van der Waals surface area (Å²) >= 11 is 12.6. The standard InChI is InChI=1S/C24H31Cl2N3O4S/c1-5-6-14-27-24(31)18(3)28(15-20-21(25)8-7-9-22(20)26)23(30)16-29(34(4,32)33)19-12-10-17(2)11-13-19/h7-13,18H,5-6,14-16H2,1-4H3,(H,27,31)/t18-/m1/s1. The van der Waals surface area contributed by atoms with Crippen molar-refractivity contribution >= 4 is 50.7 Å². The van der Waals surface area contributed by atoms with Crippen LogP contribution in [0, 0.1) is 6.92 Å². The van der Waals surface area contributed by atoms with Gasteiger partial charge in [-0.05, 0) is 44.5 Å². The number of nitrogens with zero attached hydrogens (tertiary/aromatic N) is 2. The second-order valence-electron chi connectivity index (χ2n) is 8.15. The smallest absolute Gasteiger partial charge is 0.244 e. The fourth-order valence-electron chi connectivity index (χ4n) is 3.30. The van der Waals surface area contributed by atoms with E-state index < -0.39 is 28.5 Å². The van der Waals surface area contributed by atoms with E-state index in [-0.39, 0.29) is 12.5 Å². The van der Waals surface area contributed by atoms with Crippen LogP contribution in [-0.4, -0.2) is 50.5 Å².